The highest BCUT2D eigenvalue weighted by Gasteiger charge is 2.01. The van der Waals surface area contributed by atoms with E-state index in [1.165, 1.54) is 0 Å². The van der Waals surface area contributed by atoms with Gasteiger partial charge in [-0.2, -0.15) is 5.10 Å². The average molecular weight is 318 g/mol. The fourth-order valence-electron chi connectivity index (χ4n) is 1.69. The van der Waals surface area contributed by atoms with E-state index in [1.54, 1.807) is 36.5 Å². The number of hydrazone groups is 1. The SMILES string of the molecule is Cc1ccc(N/N=C\c2ccccc2OCC(=O)[O-])cc1Cl. The predicted molar refractivity (Wildman–Crippen MR) is 84.3 cm³/mol. The molecular formula is C16H14ClN2O3-. The molecule has 0 radical (unpaired) electrons. The first-order valence-electron chi connectivity index (χ1n) is 6.53. The van der Waals surface area contributed by atoms with Gasteiger partial charge in [0.05, 0.1) is 17.9 Å². The van der Waals surface area contributed by atoms with Crippen molar-refractivity contribution in [2.45, 2.75) is 6.92 Å². The molecule has 0 atom stereocenters. The Morgan fingerprint density at radius 1 is 1.36 bits per heavy atom. The number of aryl methyl sites for hydroxylation is 1. The first kappa shape index (κ1) is 15.9. The van der Waals surface area contributed by atoms with Crippen LogP contribution in [0.4, 0.5) is 5.69 Å². The van der Waals surface area contributed by atoms with E-state index in [4.69, 9.17) is 16.3 Å². The molecule has 2 aromatic rings. The number of anilines is 1. The Labute approximate surface area is 133 Å². The van der Waals surface area contributed by atoms with Crippen LogP contribution in [-0.2, 0) is 4.79 Å². The number of carboxylic acid groups (broad SMARTS) is 1. The van der Waals surface area contributed by atoms with E-state index in [-0.39, 0.29) is 0 Å². The standard InChI is InChI=1S/C16H15ClN2O3/c1-11-6-7-13(8-14(11)17)19-18-9-12-4-2-3-5-15(12)22-10-16(20)21/h2-9,19H,10H2,1H3,(H,20,21)/p-1/b18-9-. The Kier molecular flexibility index (Phi) is 5.38. The molecule has 6 heteroatoms. The molecule has 0 aromatic heterocycles. The lowest BCUT2D eigenvalue weighted by Crippen LogP contribution is -2.29. The number of carboxylic acids is 1. The van der Waals surface area contributed by atoms with Gasteiger partial charge in [-0.05, 0) is 36.8 Å². The first-order valence-corrected chi connectivity index (χ1v) is 6.91. The van der Waals surface area contributed by atoms with Crippen molar-refractivity contribution in [3.05, 3.63) is 58.6 Å². The van der Waals surface area contributed by atoms with E-state index in [0.29, 0.717) is 16.3 Å². The summed E-state index contributed by atoms with van der Waals surface area (Å²) in [6.45, 7) is 1.41. The Morgan fingerprint density at radius 2 is 2.14 bits per heavy atom. The van der Waals surface area contributed by atoms with E-state index in [1.807, 2.05) is 19.1 Å². The zero-order valence-electron chi connectivity index (χ0n) is 11.9. The molecule has 0 heterocycles. The zero-order valence-corrected chi connectivity index (χ0v) is 12.6. The van der Waals surface area contributed by atoms with Gasteiger partial charge in [0.1, 0.15) is 12.4 Å². The molecule has 0 amide bonds. The topological polar surface area (TPSA) is 73.8 Å². The highest BCUT2D eigenvalue weighted by molar-refractivity contribution is 6.31. The highest BCUT2D eigenvalue weighted by Crippen LogP contribution is 2.20. The van der Waals surface area contributed by atoms with Crippen LogP contribution in [0.1, 0.15) is 11.1 Å². The molecule has 0 spiro atoms. The molecule has 0 bridgehead atoms. The van der Waals surface area contributed by atoms with Crippen LogP contribution in [-0.4, -0.2) is 18.8 Å². The van der Waals surface area contributed by atoms with Crippen molar-refractivity contribution in [2.24, 2.45) is 5.10 Å². The maximum Gasteiger partial charge on any atom is 0.128 e. The molecule has 5 nitrogen and oxygen atoms in total. The van der Waals surface area contributed by atoms with Crippen LogP contribution in [0, 0.1) is 6.92 Å². The summed E-state index contributed by atoms with van der Waals surface area (Å²) in [6.07, 6.45) is 1.54. The molecule has 2 rings (SSSR count). The minimum Gasteiger partial charge on any atom is -0.546 e. The molecule has 0 fully saturated rings. The van der Waals surface area contributed by atoms with Crippen molar-refractivity contribution in [1.82, 2.24) is 0 Å². The molecule has 0 saturated carbocycles. The fraction of sp³-hybridized carbons (Fsp3) is 0.125. The van der Waals surface area contributed by atoms with E-state index < -0.39 is 12.6 Å². The third-order valence-electron chi connectivity index (χ3n) is 2.83. The second-order valence-electron chi connectivity index (χ2n) is 4.53. The van der Waals surface area contributed by atoms with Crippen molar-refractivity contribution in [3.63, 3.8) is 0 Å². The molecule has 1 N–H and O–H groups in total. The van der Waals surface area contributed by atoms with Gasteiger partial charge in [-0.1, -0.05) is 29.8 Å². The molecule has 0 aliphatic rings. The minimum absolute atomic E-state index is 0.416. The minimum atomic E-state index is -1.28. The molecule has 0 unspecified atom stereocenters. The number of halogens is 1. The van der Waals surface area contributed by atoms with Crippen LogP contribution in [0.5, 0.6) is 5.75 Å². The van der Waals surface area contributed by atoms with E-state index in [9.17, 15) is 9.90 Å². The van der Waals surface area contributed by atoms with Crippen molar-refractivity contribution < 1.29 is 14.6 Å². The monoisotopic (exact) mass is 317 g/mol. The number of benzene rings is 2. The van der Waals surface area contributed by atoms with Gasteiger partial charge in [-0.15, -0.1) is 0 Å². The van der Waals surface area contributed by atoms with Gasteiger partial charge in [-0.3, -0.25) is 5.43 Å². The number of para-hydroxylation sites is 1. The van der Waals surface area contributed by atoms with Gasteiger partial charge in [-0.25, -0.2) is 0 Å². The molecule has 0 saturated heterocycles. The van der Waals surface area contributed by atoms with E-state index in [0.717, 1.165) is 11.3 Å². The number of aliphatic carboxylic acids is 1. The number of ether oxygens (including phenoxy) is 1. The largest absolute Gasteiger partial charge is 0.546 e. The number of carbonyl (C=O) groups is 1. The smallest absolute Gasteiger partial charge is 0.128 e. The summed E-state index contributed by atoms with van der Waals surface area (Å²) < 4.78 is 5.13. The second kappa shape index (κ2) is 7.47. The summed E-state index contributed by atoms with van der Waals surface area (Å²) in [5, 5.41) is 15.2. The predicted octanol–water partition coefficient (Wildman–Crippen LogP) is 2.22. The summed E-state index contributed by atoms with van der Waals surface area (Å²) in [4.78, 5) is 10.4. The number of nitrogens with one attached hydrogen (secondary N) is 1. The fourth-order valence-corrected chi connectivity index (χ4v) is 1.87. The quantitative estimate of drug-likeness (QED) is 0.655. The summed E-state index contributed by atoms with van der Waals surface area (Å²) >= 11 is 6.03. The Balaban J connectivity index is 2.06. The lowest BCUT2D eigenvalue weighted by atomic mass is 10.2. The van der Waals surface area contributed by atoms with Crippen molar-refractivity contribution in [1.29, 1.82) is 0 Å². The highest BCUT2D eigenvalue weighted by atomic mass is 35.5. The van der Waals surface area contributed by atoms with Gasteiger partial charge in [0.15, 0.2) is 0 Å². The lowest BCUT2D eigenvalue weighted by molar-refractivity contribution is -0.307. The van der Waals surface area contributed by atoms with Crippen LogP contribution in [0.25, 0.3) is 0 Å². The summed E-state index contributed by atoms with van der Waals surface area (Å²) in [6, 6.07) is 12.5. The molecule has 114 valence electrons. The Bertz CT molecular complexity index is 702. The Morgan fingerprint density at radius 3 is 2.86 bits per heavy atom. The lowest BCUT2D eigenvalue weighted by Gasteiger charge is -2.09. The first-order chi connectivity index (χ1) is 10.6. The third-order valence-corrected chi connectivity index (χ3v) is 3.24. The zero-order chi connectivity index (χ0) is 15.9. The summed E-state index contributed by atoms with van der Waals surface area (Å²) in [5.41, 5.74) is 5.24. The average Bonchev–Trinajstić information content (AvgIpc) is 2.50. The van der Waals surface area contributed by atoms with Crippen molar-refractivity contribution >= 4 is 29.5 Å². The normalized spacial score (nSPS) is 10.6. The van der Waals surface area contributed by atoms with Crippen LogP contribution in [0.2, 0.25) is 5.02 Å². The van der Waals surface area contributed by atoms with Gasteiger partial charge >= 0.3 is 0 Å². The number of hydrogen-bond acceptors (Lipinski definition) is 5. The molecule has 0 aliphatic carbocycles. The van der Waals surface area contributed by atoms with Crippen molar-refractivity contribution in [3.8, 4) is 5.75 Å². The van der Waals surface area contributed by atoms with Gasteiger partial charge in [0.25, 0.3) is 0 Å². The Hall–Kier alpha value is -2.53. The molecule has 2 aromatic carbocycles. The molecule has 22 heavy (non-hydrogen) atoms. The van der Waals surface area contributed by atoms with E-state index >= 15 is 0 Å². The number of hydrogen-bond donors (Lipinski definition) is 1. The second-order valence-corrected chi connectivity index (χ2v) is 4.94. The maximum absolute atomic E-state index is 10.4. The summed E-state index contributed by atoms with van der Waals surface area (Å²) in [5.74, 6) is -0.863. The van der Waals surface area contributed by atoms with Crippen LogP contribution < -0.4 is 15.3 Å². The molecular weight excluding hydrogens is 304 g/mol. The van der Waals surface area contributed by atoms with Gasteiger partial charge < -0.3 is 14.6 Å². The van der Waals surface area contributed by atoms with E-state index in [2.05, 4.69) is 10.5 Å². The maximum atomic E-state index is 10.4. The molecule has 0 aliphatic heterocycles. The number of carbonyl (C=O) groups excluding carboxylic acids is 1. The van der Waals surface area contributed by atoms with Gasteiger partial charge in [0.2, 0.25) is 0 Å². The number of nitrogens with zero attached hydrogens (tertiary/aromatic N) is 1. The van der Waals surface area contributed by atoms with Gasteiger partial charge in [0, 0.05) is 10.6 Å². The number of rotatable bonds is 6. The summed E-state index contributed by atoms with van der Waals surface area (Å²) in [7, 11) is 0. The third kappa shape index (κ3) is 4.49. The van der Waals surface area contributed by atoms with Crippen molar-refractivity contribution in [2.75, 3.05) is 12.0 Å². The van der Waals surface area contributed by atoms with Crippen LogP contribution in [0.3, 0.4) is 0 Å². The van der Waals surface area contributed by atoms with Crippen LogP contribution in [0.15, 0.2) is 47.6 Å². The van der Waals surface area contributed by atoms with Crippen LogP contribution >= 0.6 is 11.6 Å².